The Labute approximate surface area is 448 Å². The molecule has 17 heteroatoms. The van der Waals surface area contributed by atoms with Crippen LogP contribution in [0.15, 0.2) is 97.8 Å². The van der Waals surface area contributed by atoms with Crippen molar-refractivity contribution >= 4 is 64.7 Å². The number of amides is 2. The van der Waals surface area contributed by atoms with Crippen LogP contribution in [0.2, 0.25) is 0 Å². The minimum atomic E-state index is -1.64. The van der Waals surface area contributed by atoms with Crippen LogP contribution in [0.3, 0.4) is 0 Å². The van der Waals surface area contributed by atoms with Crippen molar-refractivity contribution in [3.63, 3.8) is 0 Å². The van der Waals surface area contributed by atoms with Crippen LogP contribution < -0.4 is 0 Å². The molecule has 6 aromatic rings. The number of hydrogen-bond donors (Lipinski definition) is 1. The zero-order valence-electron chi connectivity index (χ0n) is 44.7. The first-order valence-corrected chi connectivity index (χ1v) is 31.5. The molecular weight excluding hydrogens is 1050 g/mol. The van der Waals surface area contributed by atoms with Crippen molar-refractivity contribution in [2.75, 3.05) is 26.4 Å². The van der Waals surface area contributed by atoms with Gasteiger partial charge in [0.05, 0.1) is 38.0 Å². The van der Waals surface area contributed by atoms with Gasteiger partial charge < -0.3 is 38.3 Å². The summed E-state index contributed by atoms with van der Waals surface area (Å²) < 4.78 is 17.8. The molecule has 1 N–H and O–H groups in total. The summed E-state index contributed by atoms with van der Waals surface area (Å²) in [5.41, 5.74) is 1.56. The SMILES string of the molecule is C1CCOC1.CC(C)N(C(=O)c1ccc2cc(C(=O)c3cn(C)cn3)ccc2c1)C(C)C.CCOC(=O)CC(O)(c1ccc2cc(C(=O)N(C(C)C)C(C)C)ccc2c1)c1cn(C)cn1.[CH2-]C(=O)OCC.[Zn+][Br]. The number of hydrogen-bond acceptors (Lipinski definition) is 11. The Morgan fingerprint density at radius 2 is 1.10 bits per heavy atom. The second-order valence-corrected chi connectivity index (χ2v) is 18.5. The Morgan fingerprint density at radius 3 is 1.47 bits per heavy atom. The fraction of sp³-hybridized carbons (Fsp3) is 0.429. The van der Waals surface area contributed by atoms with Crippen LogP contribution in [-0.4, -0.2) is 114 Å². The number of esters is 2. The number of aromatic nitrogens is 4. The van der Waals surface area contributed by atoms with Gasteiger partial charge >= 0.3 is 35.9 Å². The maximum absolute atomic E-state index is 13.1. The van der Waals surface area contributed by atoms with Crippen LogP contribution in [0, 0.1) is 6.92 Å². The van der Waals surface area contributed by atoms with Crippen LogP contribution >= 0.6 is 13.6 Å². The standard InChI is InChI=1S/C26H33N3O4.C22H25N3O2.C4H7O2.C4H8O.BrH.Zn/c1-7-33-24(30)14-26(32,23-15-28(6)16-27-23)22-11-10-19-12-21(9-8-20(19)13-22)25(31)29(17(2)3)18(4)5;1-14(2)25(15(3)4)22(27)19-9-7-16-10-18(8-6-17(16)11-19)21(26)20-12-24(5)13-23-20;1-3-6-4(2)5;1-2-4-5-3-1;;/h8-13,15-18,32H,7,14H2,1-6H3;6-15H,1-5H3;2-3H2,1H3;1-4H2;1H;/q;;-1;;;+2/p-1. The zero-order chi connectivity index (χ0) is 54.6. The van der Waals surface area contributed by atoms with Gasteiger partial charge in [0, 0.05) is 80.6 Å². The van der Waals surface area contributed by atoms with E-state index in [0.717, 1.165) is 34.8 Å². The second-order valence-electron chi connectivity index (χ2n) is 18.5. The number of halogens is 1. The van der Waals surface area contributed by atoms with Crippen LogP contribution in [0.5, 0.6) is 0 Å². The number of imidazole rings is 2. The molecule has 0 saturated carbocycles. The number of aryl methyl sites for hydroxylation is 2. The minimum absolute atomic E-state index is 0.0155. The number of fused-ring (bicyclic) bond motifs is 2. The number of rotatable bonds is 14. The maximum atomic E-state index is 13.1. The Morgan fingerprint density at radius 1 is 0.671 bits per heavy atom. The number of aliphatic hydroxyl groups is 1. The third kappa shape index (κ3) is 17.7. The molecule has 1 saturated heterocycles. The van der Waals surface area contributed by atoms with Crippen molar-refractivity contribution in [1.29, 1.82) is 0 Å². The molecule has 0 aliphatic carbocycles. The number of carbonyl (C=O) groups excluding carboxylic acids is 5. The topological polar surface area (TPSA) is 175 Å². The van der Waals surface area contributed by atoms with Crippen molar-refractivity contribution in [3.8, 4) is 0 Å². The summed E-state index contributed by atoms with van der Waals surface area (Å²) in [4.78, 5) is 72.7. The molecule has 1 aliphatic heterocycles. The first-order valence-electron chi connectivity index (χ1n) is 24.6. The number of ether oxygens (including phenoxy) is 3. The molecule has 7 rings (SSSR count). The number of carbonyl (C=O) groups is 5. The van der Waals surface area contributed by atoms with Gasteiger partial charge in [0.1, 0.15) is 11.3 Å². The molecule has 2 amide bonds. The average molecular weight is 1120 g/mol. The third-order valence-electron chi connectivity index (χ3n) is 11.5. The number of nitrogens with zero attached hydrogens (tertiary/aromatic N) is 6. The van der Waals surface area contributed by atoms with E-state index < -0.39 is 17.5 Å². The van der Waals surface area contributed by atoms with Crippen molar-refractivity contribution < 1.29 is 59.6 Å². The molecule has 1 unspecified atom stereocenters. The summed E-state index contributed by atoms with van der Waals surface area (Å²) >= 11 is 4.25. The number of ketones is 1. The van der Waals surface area contributed by atoms with Gasteiger partial charge in [-0.2, -0.15) is 0 Å². The summed E-state index contributed by atoms with van der Waals surface area (Å²) in [6.45, 7) is 25.2. The molecule has 3 heterocycles. The second kappa shape index (κ2) is 29.8. The summed E-state index contributed by atoms with van der Waals surface area (Å²) in [5, 5.41) is 15.2. The zero-order valence-corrected chi connectivity index (χ0v) is 49.2. The first-order chi connectivity index (χ1) is 34.6. The molecule has 2 aromatic heterocycles. The molecule has 73 heavy (non-hydrogen) atoms. The van der Waals surface area contributed by atoms with Gasteiger partial charge in [-0.3, -0.25) is 30.9 Å². The fourth-order valence-electron chi connectivity index (χ4n) is 8.32. The molecule has 0 spiro atoms. The van der Waals surface area contributed by atoms with E-state index in [1.54, 1.807) is 73.3 Å². The van der Waals surface area contributed by atoms with Crippen LogP contribution in [0.4, 0.5) is 0 Å². The van der Waals surface area contributed by atoms with E-state index in [0.29, 0.717) is 40.2 Å². The molecule has 0 radical (unpaired) electrons. The summed E-state index contributed by atoms with van der Waals surface area (Å²) in [6, 6.07) is 22.6. The predicted octanol–water partition coefficient (Wildman–Crippen LogP) is 10.1. The van der Waals surface area contributed by atoms with Gasteiger partial charge in [-0.05, 0) is 146 Å². The monoisotopic (exact) mass is 1120 g/mol. The van der Waals surface area contributed by atoms with E-state index in [4.69, 9.17) is 9.47 Å². The summed E-state index contributed by atoms with van der Waals surface area (Å²) in [5.74, 6) is -1.07. The van der Waals surface area contributed by atoms with Crippen molar-refractivity contribution in [3.05, 3.63) is 138 Å². The average Bonchev–Trinajstić information content (AvgIpc) is 4.17. The Hall–Kier alpha value is -5.74. The third-order valence-corrected chi connectivity index (χ3v) is 11.5. The van der Waals surface area contributed by atoms with E-state index in [1.165, 1.54) is 29.2 Å². The van der Waals surface area contributed by atoms with Gasteiger partial charge in [-0.1, -0.05) is 36.4 Å². The molecule has 1 fully saturated rings. The summed E-state index contributed by atoms with van der Waals surface area (Å²) in [6.07, 6.45) is 8.90. The van der Waals surface area contributed by atoms with Crippen LogP contribution in [0.25, 0.3) is 21.5 Å². The Kier molecular flexibility index (Phi) is 25.2. The van der Waals surface area contributed by atoms with Crippen molar-refractivity contribution in [2.45, 2.75) is 118 Å². The molecule has 15 nitrogen and oxygen atoms in total. The van der Waals surface area contributed by atoms with Crippen molar-refractivity contribution in [1.82, 2.24) is 28.9 Å². The van der Waals surface area contributed by atoms with Crippen LogP contribution in [0.1, 0.15) is 137 Å². The van der Waals surface area contributed by atoms with E-state index in [9.17, 15) is 29.1 Å². The summed E-state index contributed by atoms with van der Waals surface area (Å²) in [7, 11) is 3.64. The first kappa shape index (κ1) is 61.6. The molecule has 4 aromatic carbocycles. The van der Waals surface area contributed by atoms with Gasteiger partial charge in [0.2, 0.25) is 5.78 Å². The molecule has 0 bridgehead atoms. The van der Waals surface area contributed by atoms with Crippen LogP contribution in [-0.2, 0) is 59.8 Å². The Bertz CT molecular complexity index is 2730. The van der Waals surface area contributed by atoms with E-state index >= 15 is 0 Å². The van der Waals surface area contributed by atoms with E-state index in [2.05, 4.69) is 35.3 Å². The van der Waals surface area contributed by atoms with Gasteiger partial charge in [-0.25, -0.2) is 9.97 Å². The molecule has 1 atom stereocenters. The van der Waals surface area contributed by atoms with Crippen molar-refractivity contribution in [2.24, 2.45) is 14.1 Å². The Balaban J connectivity index is 0.000000313. The molecule has 390 valence electrons. The van der Waals surface area contributed by atoms with Gasteiger partial charge in [0.25, 0.3) is 11.8 Å². The van der Waals surface area contributed by atoms with E-state index in [-0.39, 0.29) is 54.8 Å². The normalized spacial score (nSPS) is 12.6. The number of benzene rings is 4. The predicted molar refractivity (Wildman–Crippen MR) is 286 cm³/mol. The van der Waals surface area contributed by atoms with E-state index in [1.807, 2.05) is 127 Å². The molecule has 1 aliphatic rings. The molecular formula is C56H73BrN6O9Zn. The van der Waals surface area contributed by atoms with Gasteiger partial charge in [0.15, 0.2) is 5.97 Å². The fourth-order valence-corrected chi connectivity index (χ4v) is 8.32. The van der Waals surface area contributed by atoms with Gasteiger partial charge in [-0.15, -0.1) is 0 Å². The quantitative estimate of drug-likeness (QED) is 0.0476.